The molecule has 0 spiro atoms. The van der Waals surface area contributed by atoms with Crippen LogP contribution >= 0.6 is 0 Å². The number of piperidine rings is 1. The van der Waals surface area contributed by atoms with Gasteiger partial charge in [-0.3, -0.25) is 0 Å². The molecular weight excluding hydrogens is 255 g/mol. The second kappa shape index (κ2) is 5.60. The van der Waals surface area contributed by atoms with Gasteiger partial charge in [-0.25, -0.2) is 4.39 Å². The van der Waals surface area contributed by atoms with Crippen molar-refractivity contribution in [3.8, 4) is 5.75 Å². The molecule has 3 nitrogen and oxygen atoms in total. The zero-order valence-corrected chi connectivity index (χ0v) is 12.2. The van der Waals surface area contributed by atoms with Crippen LogP contribution < -0.4 is 15.0 Å². The third-order valence-corrected chi connectivity index (χ3v) is 4.66. The Morgan fingerprint density at radius 2 is 2.00 bits per heavy atom. The smallest absolute Gasteiger partial charge is 0.165 e. The summed E-state index contributed by atoms with van der Waals surface area (Å²) >= 11 is 0. The molecule has 0 aliphatic carbocycles. The lowest BCUT2D eigenvalue weighted by Gasteiger charge is -2.41. The van der Waals surface area contributed by atoms with Crippen molar-refractivity contribution in [1.82, 2.24) is 5.32 Å². The van der Waals surface area contributed by atoms with Gasteiger partial charge >= 0.3 is 0 Å². The number of ether oxygens (including phenoxy) is 1. The highest BCUT2D eigenvalue weighted by Gasteiger charge is 2.40. The fourth-order valence-electron chi connectivity index (χ4n) is 3.86. The molecule has 1 N–H and O–H groups in total. The van der Waals surface area contributed by atoms with Crippen LogP contribution in [0.15, 0.2) is 18.2 Å². The number of hydrogen-bond acceptors (Lipinski definition) is 3. The van der Waals surface area contributed by atoms with E-state index in [1.165, 1.54) is 38.9 Å². The molecule has 2 fully saturated rings. The summed E-state index contributed by atoms with van der Waals surface area (Å²) in [6.45, 7) is 3.20. The summed E-state index contributed by atoms with van der Waals surface area (Å²) in [5, 5.41) is 3.58. The molecule has 0 radical (unpaired) electrons. The van der Waals surface area contributed by atoms with E-state index in [0.29, 0.717) is 23.9 Å². The SMILES string of the molecule is CCNC1CC2CCC(C1)N2c1ccc(F)c(OC)c1. The van der Waals surface area contributed by atoms with Crippen molar-refractivity contribution < 1.29 is 9.13 Å². The topological polar surface area (TPSA) is 24.5 Å². The van der Waals surface area contributed by atoms with Gasteiger partial charge in [0.05, 0.1) is 7.11 Å². The summed E-state index contributed by atoms with van der Waals surface area (Å²) in [5.74, 6) is 0.0573. The maximum Gasteiger partial charge on any atom is 0.165 e. The molecule has 0 aromatic heterocycles. The van der Waals surface area contributed by atoms with Gasteiger partial charge in [-0.05, 0) is 44.4 Å². The molecule has 2 bridgehead atoms. The van der Waals surface area contributed by atoms with Crippen LogP contribution in [0.3, 0.4) is 0 Å². The Morgan fingerprint density at radius 1 is 1.30 bits per heavy atom. The minimum atomic E-state index is -0.286. The number of halogens is 1. The first-order valence-electron chi connectivity index (χ1n) is 7.58. The lowest BCUT2D eigenvalue weighted by atomic mass is 9.96. The van der Waals surface area contributed by atoms with E-state index in [2.05, 4.69) is 17.1 Å². The predicted molar refractivity (Wildman–Crippen MR) is 78.9 cm³/mol. The van der Waals surface area contributed by atoms with Crippen LogP contribution in [0.4, 0.5) is 10.1 Å². The first-order valence-corrected chi connectivity index (χ1v) is 7.58. The van der Waals surface area contributed by atoms with E-state index < -0.39 is 0 Å². The molecule has 4 heteroatoms. The van der Waals surface area contributed by atoms with Gasteiger partial charge in [0.15, 0.2) is 11.6 Å². The Morgan fingerprint density at radius 3 is 2.60 bits per heavy atom. The van der Waals surface area contributed by atoms with E-state index in [9.17, 15) is 4.39 Å². The molecule has 2 aliphatic rings. The Labute approximate surface area is 120 Å². The average Bonchev–Trinajstić information content (AvgIpc) is 2.71. The number of nitrogens with one attached hydrogen (secondary N) is 1. The summed E-state index contributed by atoms with van der Waals surface area (Å²) in [6, 6.07) is 7.03. The summed E-state index contributed by atoms with van der Waals surface area (Å²) in [6.07, 6.45) is 4.85. The molecule has 3 rings (SSSR count). The third kappa shape index (κ3) is 2.37. The molecule has 2 unspecified atom stereocenters. The van der Waals surface area contributed by atoms with Crippen molar-refractivity contribution in [3.63, 3.8) is 0 Å². The molecule has 1 aromatic carbocycles. The van der Waals surface area contributed by atoms with Crippen molar-refractivity contribution in [2.24, 2.45) is 0 Å². The maximum absolute atomic E-state index is 13.6. The minimum Gasteiger partial charge on any atom is -0.494 e. The van der Waals surface area contributed by atoms with E-state index in [1.807, 2.05) is 12.1 Å². The van der Waals surface area contributed by atoms with Gasteiger partial charge in [0, 0.05) is 29.9 Å². The standard InChI is InChI=1S/C16H23FN2O/c1-3-18-11-8-12-4-5-13(9-11)19(12)14-6-7-15(17)16(10-14)20-2/h6-7,10-13,18H,3-5,8-9H2,1-2H3. The first-order chi connectivity index (χ1) is 9.72. The van der Waals surface area contributed by atoms with Crippen LogP contribution in [0.1, 0.15) is 32.6 Å². The molecule has 2 heterocycles. The van der Waals surface area contributed by atoms with Gasteiger partial charge in [0.25, 0.3) is 0 Å². The van der Waals surface area contributed by atoms with Crippen LogP contribution in [-0.4, -0.2) is 31.8 Å². The number of hydrogen-bond donors (Lipinski definition) is 1. The Hall–Kier alpha value is -1.29. The van der Waals surface area contributed by atoms with Crippen molar-refractivity contribution >= 4 is 5.69 Å². The van der Waals surface area contributed by atoms with Crippen LogP contribution in [0, 0.1) is 5.82 Å². The number of nitrogens with zero attached hydrogens (tertiary/aromatic N) is 1. The second-order valence-electron chi connectivity index (χ2n) is 5.84. The van der Waals surface area contributed by atoms with Crippen LogP contribution in [0.5, 0.6) is 5.75 Å². The van der Waals surface area contributed by atoms with Gasteiger partial charge < -0.3 is 15.0 Å². The second-order valence-corrected chi connectivity index (χ2v) is 5.84. The number of anilines is 1. The van der Waals surface area contributed by atoms with Gasteiger partial charge in [0.1, 0.15) is 0 Å². The molecule has 1 aromatic rings. The highest BCUT2D eigenvalue weighted by atomic mass is 19.1. The van der Waals surface area contributed by atoms with Gasteiger partial charge in [-0.1, -0.05) is 6.92 Å². The van der Waals surface area contributed by atoms with Gasteiger partial charge in [-0.2, -0.15) is 0 Å². The Balaban J connectivity index is 1.82. The highest BCUT2D eigenvalue weighted by Crippen LogP contribution is 2.40. The summed E-state index contributed by atoms with van der Waals surface area (Å²) in [4.78, 5) is 2.48. The third-order valence-electron chi connectivity index (χ3n) is 4.66. The zero-order chi connectivity index (χ0) is 14.1. The predicted octanol–water partition coefficient (Wildman–Crippen LogP) is 2.94. The fraction of sp³-hybridized carbons (Fsp3) is 0.625. The van der Waals surface area contributed by atoms with Crippen molar-refractivity contribution in [3.05, 3.63) is 24.0 Å². The van der Waals surface area contributed by atoms with Gasteiger partial charge in [0.2, 0.25) is 0 Å². The molecule has 2 aliphatic heterocycles. The van der Waals surface area contributed by atoms with Crippen LogP contribution in [0.2, 0.25) is 0 Å². The fourth-order valence-corrected chi connectivity index (χ4v) is 3.86. The van der Waals surface area contributed by atoms with E-state index in [1.54, 1.807) is 0 Å². The zero-order valence-electron chi connectivity index (χ0n) is 12.2. The summed E-state index contributed by atoms with van der Waals surface area (Å²) in [7, 11) is 1.52. The molecule has 0 saturated carbocycles. The molecule has 20 heavy (non-hydrogen) atoms. The molecular formula is C16H23FN2O. The van der Waals surface area contributed by atoms with Gasteiger partial charge in [-0.15, -0.1) is 0 Å². The van der Waals surface area contributed by atoms with E-state index >= 15 is 0 Å². The van der Waals surface area contributed by atoms with Crippen molar-refractivity contribution in [1.29, 1.82) is 0 Å². The number of benzene rings is 1. The van der Waals surface area contributed by atoms with E-state index in [4.69, 9.17) is 4.74 Å². The lowest BCUT2D eigenvalue weighted by Crippen LogP contribution is -2.49. The van der Waals surface area contributed by atoms with Crippen molar-refractivity contribution in [2.75, 3.05) is 18.6 Å². The molecule has 0 amide bonds. The molecule has 110 valence electrons. The molecule has 2 saturated heterocycles. The van der Waals surface area contributed by atoms with E-state index in [0.717, 1.165) is 12.2 Å². The number of rotatable bonds is 4. The summed E-state index contributed by atoms with van der Waals surface area (Å²) < 4.78 is 18.7. The monoisotopic (exact) mass is 278 g/mol. The summed E-state index contributed by atoms with van der Waals surface area (Å²) in [5.41, 5.74) is 1.10. The normalized spacial score (nSPS) is 28.8. The Kier molecular flexibility index (Phi) is 3.83. The average molecular weight is 278 g/mol. The molecule has 2 atom stereocenters. The highest BCUT2D eigenvalue weighted by molar-refractivity contribution is 5.54. The lowest BCUT2D eigenvalue weighted by molar-refractivity contribution is 0.359. The first kappa shape index (κ1) is 13.7. The Bertz CT molecular complexity index is 466. The van der Waals surface area contributed by atoms with Crippen molar-refractivity contribution in [2.45, 2.75) is 50.7 Å². The maximum atomic E-state index is 13.6. The number of methoxy groups -OCH3 is 1. The minimum absolute atomic E-state index is 0.286. The van der Waals surface area contributed by atoms with Crippen LogP contribution in [0.25, 0.3) is 0 Å². The van der Waals surface area contributed by atoms with E-state index in [-0.39, 0.29) is 5.82 Å². The number of fused-ring (bicyclic) bond motifs is 2. The quantitative estimate of drug-likeness (QED) is 0.916. The van der Waals surface area contributed by atoms with Crippen LogP contribution in [-0.2, 0) is 0 Å². The largest absolute Gasteiger partial charge is 0.494 e.